The summed E-state index contributed by atoms with van der Waals surface area (Å²) in [5.74, 6) is 0.112. The molecule has 0 amide bonds. The van der Waals surface area contributed by atoms with Crippen LogP contribution in [0.2, 0.25) is 0 Å². The van der Waals surface area contributed by atoms with E-state index in [-0.39, 0.29) is 17.8 Å². The van der Waals surface area contributed by atoms with Crippen molar-refractivity contribution in [2.24, 2.45) is 0 Å². The average molecular weight is 657 g/mol. The summed E-state index contributed by atoms with van der Waals surface area (Å²) in [7, 11) is -5.08. The molecule has 0 unspecified atom stereocenters. The second-order valence-corrected chi connectivity index (χ2v) is 13.2. The molecule has 8 atom stereocenters. The van der Waals surface area contributed by atoms with Gasteiger partial charge in [0, 0.05) is 18.7 Å². The molecule has 0 bridgehead atoms. The zero-order chi connectivity index (χ0) is 30.4. The van der Waals surface area contributed by atoms with Crippen molar-refractivity contribution in [1.82, 2.24) is 29.1 Å². The van der Waals surface area contributed by atoms with Crippen LogP contribution in [-0.2, 0) is 32.2 Å². The van der Waals surface area contributed by atoms with Gasteiger partial charge in [0.1, 0.15) is 42.6 Å². The molecule has 0 radical (unpaired) electrons. The first-order chi connectivity index (χ1) is 19.7. The van der Waals surface area contributed by atoms with Crippen LogP contribution in [0.25, 0.3) is 11.2 Å². The molecule has 230 valence electrons. The van der Waals surface area contributed by atoms with Gasteiger partial charge in [0.15, 0.2) is 23.9 Å². The highest BCUT2D eigenvalue weighted by Crippen LogP contribution is 2.57. The van der Waals surface area contributed by atoms with Crippen LogP contribution in [0, 0.1) is 0 Å². The summed E-state index contributed by atoms with van der Waals surface area (Å²) in [5.41, 5.74) is 4.49. The van der Waals surface area contributed by atoms with E-state index in [0.29, 0.717) is 10.2 Å². The zero-order valence-corrected chi connectivity index (χ0v) is 23.6. The lowest BCUT2D eigenvalue weighted by Crippen LogP contribution is -2.36. The number of nitrogens with zero attached hydrogens (tertiary/aromatic N) is 5. The third kappa shape index (κ3) is 6.65. The van der Waals surface area contributed by atoms with Crippen molar-refractivity contribution in [3.05, 3.63) is 45.8 Å². The number of halogens is 2. The Morgan fingerprint density at radius 1 is 1.12 bits per heavy atom. The Kier molecular flexibility index (Phi) is 8.70. The second-order valence-electron chi connectivity index (χ2n) is 9.11. The van der Waals surface area contributed by atoms with Gasteiger partial charge in [-0.15, -0.1) is 0 Å². The summed E-state index contributed by atoms with van der Waals surface area (Å²) in [4.78, 5) is 55.6. The number of nitrogen functional groups attached to an aromatic ring is 1. The van der Waals surface area contributed by atoms with Gasteiger partial charge >= 0.3 is 20.3 Å². The van der Waals surface area contributed by atoms with Gasteiger partial charge in [-0.2, -0.15) is 0 Å². The number of hydrogen-bond acceptors (Lipinski definition) is 13. The molecule has 3 aromatic rings. The van der Waals surface area contributed by atoms with Crippen LogP contribution in [0.1, 0.15) is 18.9 Å². The Labute approximate surface area is 238 Å². The lowest BCUT2D eigenvalue weighted by Gasteiger charge is -2.24. The van der Waals surface area contributed by atoms with Crippen molar-refractivity contribution in [3.63, 3.8) is 0 Å². The molecule has 2 aliphatic heterocycles. The molecule has 3 aromatic heterocycles. The number of alkyl halides is 2. The highest BCUT2D eigenvalue weighted by Gasteiger charge is 2.51. The second kappa shape index (κ2) is 11.8. The van der Waals surface area contributed by atoms with E-state index in [1.807, 2.05) is 4.98 Å². The Morgan fingerprint density at radius 3 is 2.57 bits per heavy atom. The van der Waals surface area contributed by atoms with Crippen molar-refractivity contribution < 1.29 is 50.7 Å². The molecule has 5 heterocycles. The zero-order valence-electron chi connectivity index (χ0n) is 21.0. The lowest BCUT2D eigenvalue weighted by molar-refractivity contribution is -0.0486. The summed E-state index contributed by atoms with van der Waals surface area (Å²) < 4.78 is 82.6. The van der Waals surface area contributed by atoms with Gasteiger partial charge in [-0.1, -0.05) is 12.2 Å². The summed E-state index contributed by atoms with van der Waals surface area (Å²) in [6.07, 6.45) is -8.17. The van der Waals surface area contributed by atoms with E-state index in [1.54, 1.807) is 0 Å². The minimum absolute atomic E-state index is 0.112. The maximum Gasteiger partial charge on any atom is 0.469 e. The van der Waals surface area contributed by atoms with Gasteiger partial charge in [0.25, 0.3) is 5.56 Å². The molecular formula is C19H23F2N7O11P2S. The first-order valence-corrected chi connectivity index (χ1v) is 16.1. The van der Waals surface area contributed by atoms with Crippen LogP contribution in [-0.4, -0.2) is 82.7 Å². The Morgan fingerprint density at radius 2 is 1.86 bits per heavy atom. The topological polar surface area (TPSA) is 245 Å². The molecule has 0 aliphatic carbocycles. The maximum absolute atomic E-state index is 15.5. The van der Waals surface area contributed by atoms with Crippen LogP contribution in [0.4, 0.5) is 14.6 Å². The van der Waals surface area contributed by atoms with Crippen molar-refractivity contribution in [2.45, 2.75) is 49.5 Å². The largest absolute Gasteiger partial charge is 0.469 e. The van der Waals surface area contributed by atoms with Gasteiger partial charge in [-0.25, -0.2) is 37.7 Å². The third-order valence-corrected chi connectivity index (χ3v) is 8.42. The predicted octanol–water partition coefficient (Wildman–Crippen LogP) is 0.369. The van der Waals surface area contributed by atoms with Crippen LogP contribution in [0.5, 0.6) is 0 Å². The molecule has 5 N–H and O–H groups in total. The lowest BCUT2D eigenvalue weighted by atomic mass is 10.1. The number of hydrogen-bond donors (Lipinski definition) is 5. The highest BCUT2D eigenvalue weighted by molar-refractivity contribution is 8.44. The quantitative estimate of drug-likeness (QED) is 0.146. The molecule has 23 heteroatoms. The summed E-state index contributed by atoms with van der Waals surface area (Å²) in [5, 5.41) is 0. The van der Waals surface area contributed by atoms with Crippen molar-refractivity contribution in [3.8, 4) is 0 Å². The number of anilines is 1. The number of aromatic amines is 1. The van der Waals surface area contributed by atoms with Crippen molar-refractivity contribution in [1.29, 1.82) is 0 Å². The molecule has 18 nitrogen and oxygen atoms in total. The number of ether oxygens (including phenoxy) is 2. The number of imidazole rings is 1. The predicted molar refractivity (Wildman–Crippen MR) is 139 cm³/mol. The number of thiol groups is 1. The van der Waals surface area contributed by atoms with E-state index in [2.05, 4.69) is 31.7 Å². The van der Waals surface area contributed by atoms with Crippen LogP contribution < -0.4 is 17.0 Å². The van der Waals surface area contributed by atoms with E-state index in [9.17, 15) is 23.1 Å². The molecule has 2 fully saturated rings. The standard InChI is InChI=1S/C19H23F2N7O11P2S/c20-8-3-12(28-7-25-14-16(22)23-6-24-17(14)28)37-9(8)4-36-41(34,42)39-15-10(5-35-40(31,32)33)38-18(13(15)21)27-2-1-11(29)26-19(27)30/h1-2,6-10,12-13,15,18H,3-5H2,(H,34,42)(H2,22,23,24)(H,26,29,30)(H2,31,32,33)/t8-,9+,10+,12+,13+,15+,18+,41+/m0/s1. The van der Waals surface area contributed by atoms with Crippen molar-refractivity contribution in [2.75, 3.05) is 18.9 Å². The van der Waals surface area contributed by atoms with Crippen molar-refractivity contribution >= 4 is 43.9 Å². The number of rotatable bonds is 10. The molecular weight excluding hydrogens is 634 g/mol. The van der Waals surface area contributed by atoms with E-state index < -0.39 is 82.2 Å². The third-order valence-electron chi connectivity index (χ3n) is 6.32. The summed E-state index contributed by atoms with van der Waals surface area (Å²) >= 11 is 3.82. The minimum atomic E-state index is -5.08. The number of nitrogens with one attached hydrogen (secondary N) is 1. The van der Waals surface area contributed by atoms with Gasteiger partial charge in [0.05, 0.1) is 19.5 Å². The van der Waals surface area contributed by atoms with Gasteiger partial charge in [0.2, 0.25) is 0 Å². The highest BCUT2D eigenvalue weighted by atomic mass is 32.7. The van der Waals surface area contributed by atoms with Crippen LogP contribution in [0.3, 0.4) is 0 Å². The summed E-state index contributed by atoms with van der Waals surface area (Å²) in [6.45, 7) is -6.18. The monoisotopic (exact) mass is 657 g/mol. The Balaban J connectivity index is 1.27. The molecule has 2 saturated heterocycles. The Bertz CT molecular complexity index is 1670. The van der Waals surface area contributed by atoms with Crippen LogP contribution >= 0.6 is 26.9 Å². The molecule has 0 saturated carbocycles. The fourth-order valence-corrected chi connectivity index (χ4v) is 6.24. The van der Waals surface area contributed by atoms with Crippen LogP contribution in [0.15, 0.2) is 34.5 Å². The normalized spacial score (nSPS) is 29.7. The van der Waals surface area contributed by atoms with E-state index in [4.69, 9.17) is 34.0 Å². The van der Waals surface area contributed by atoms with E-state index in [0.717, 1.165) is 12.3 Å². The van der Waals surface area contributed by atoms with Gasteiger partial charge in [-0.05, 0) is 0 Å². The number of phosphoric ester groups is 1. The molecule has 0 aromatic carbocycles. The molecule has 2 aliphatic rings. The molecule has 42 heavy (non-hydrogen) atoms. The smallest absolute Gasteiger partial charge is 0.382 e. The number of nitrogens with two attached hydrogens (primary N) is 1. The maximum atomic E-state index is 15.5. The Hall–Kier alpha value is -2.58. The number of phosphoric acid groups is 1. The van der Waals surface area contributed by atoms with Gasteiger partial charge in [-0.3, -0.25) is 32.5 Å². The number of H-pyrrole nitrogens is 1. The number of aromatic nitrogens is 6. The fraction of sp³-hybridized carbons (Fsp3) is 0.526. The first kappa shape index (κ1) is 30.9. The fourth-order valence-electron chi connectivity index (χ4n) is 4.42. The van der Waals surface area contributed by atoms with E-state index >= 15 is 4.39 Å². The summed E-state index contributed by atoms with van der Waals surface area (Å²) in [6, 6.07) is 0.899. The van der Waals surface area contributed by atoms with Gasteiger partial charge < -0.3 is 25.0 Å². The average Bonchev–Trinajstić information content (AvgIpc) is 3.58. The SMILES string of the molecule is Nc1ncnc2c1ncn2[C@H]1C[C@H](F)[C@@H](CO[P@@](=O)(S)O[C@H]2[C@@H](F)[C@H](n3ccc(=O)[nH]c3=O)O[C@@H]2COP(=O)(O)O)O1. The number of fused-ring (bicyclic) bond motifs is 1. The minimum Gasteiger partial charge on any atom is -0.382 e. The molecule has 5 rings (SSSR count). The molecule has 0 spiro atoms. The van der Waals surface area contributed by atoms with E-state index in [1.165, 1.54) is 17.2 Å². The first-order valence-electron chi connectivity index (χ1n) is 11.9.